The van der Waals surface area contributed by atoms with Crippen LogP contribution in [0.2, 0.25) is 0 Å². The van der Waals surface area contributed by atoms with Gasteiger partial charge in [0.05, 0.1) is 14.2 Å². The van der Waals surface area contributed by atoms with Crippen LogP contribution in [0.4, 0.5) is 0 Å². The summed E-state index contributed by atoms with van der Waals surface area (Å²) in [5, 5.41) is 6.47. The Morgan fingerprint density at radius 2 is 1.88 bits per heavy atom. The van der Waals surface area contributed by atoms with Crippen LogP contribution in [0, 0.1) is 0 Å². The molecule has 0 atom stereocenters. The van der Waals surface area contributed by atoms with E-state index >= 15 is 0 Å². The molecule has 96 valence electrons. The summed E-state index contributed by atoms with van der Waals surface area (Å²) in [5.41, 5.74) is 1.20. The normalized spacial score (nSPS) is 10.3. The van der Waals surface area contributed by atoms with Crippen LogP contribution >= 0.6 is 0 Å². The van der Waals surface area contributed by atoms with Crippen LogP contribution in [0.1, 0.15) is 5.56 Å². The summed E-state index contributed by atoms with van der Waals surface area (Å²) in [6.45, 7) is 2.92. The highest BCUT2D eigenvalue weighted by Gasteiger charge is 2.04. The average molecular weight is 238 g/mol. The minimum absolute atomic E-state index is 0.828. The van der Waals surface area contributed by atoms with Gasteiger partial charge in [0.25, 0.3) is 0 Å². The molecule has 0 saturated carbocycles. The molecule has 1 rings (SSSR count). The third-order valence-corrected chi connectivity index (χ3v) is 2.62. The minimum Gasteiger partial charge on any atom is -0.497 e. The van der Waals surface area contributed by atoms with Crippen LogP contribution in [0.15, 0.2) is 18.2 Å². The van der Waals surface area contributed by atoms with Crippen molar-refractivity contribution in [2.24, 2.45) is 0 Å². The fourth-order valence-corrected chi connectivity index (χ4v) is 1.62. The molecule has 0 aromatic heterocycles. The average Bonchev–Trinajstić information content (AvgIpc) is 2.38. The third kappa shape index (κ3) is 4.63. The molecule has 0 unspecified atom stereocenters. The molecule has 0 heterocycles. The van der Waals surface area contributed by atoms with Crippen molar-refractivity contribution in [2.45, 2.75) is 6.42 Å². The van der Waals surface area contributed by atoms with E-state index in [0.29, 0.717) is 0 Å². The van der Waals surface area contributed by atoms with Crippen molar-refractivity contribution in [1.29, 1.82) is 0 Å². The molecule has 1 aromatic rings. The van der Waals surface area contributed by atoms with Crippen LogP contribution in [0.3, 0.4) is 0 Å². The molecule has 4 nitrogen and oxygen atoms in total. The van der Waals surface area contributed by atoms with E-state index in [0.717, 1.165) is 37.6 Å². The fraction of sp³-hybridized carbons (Fsp3) is 0.538. The number of hydrogen-bond acceptors (Lipinski definition) is 4. The quantitative estimate of drug-likeness (QED) is 0.665. The lowest BCUT2D eigenvalue weighted by molar-refractivity contribution is 0.390. The fourth-order valence-electron chi connectivity index (χ4n) is 1.62. The van der Waals surface area contributed by atoms with Gasteiger partial charge in [0.1, 0.15) is 11.5 Å². The van der Waals surface area contributed by atoms with Crippen molar-refractivity contribution in [2.75, 3.05) is 40.9 Å². The van der Waals surface area contributed by atoms with Gasteiger partial charge in [-0.05, 0) is 31.6 Å². The van der Waals surface area contributed by atoms with Crippen molar-refractivity contribution in [1.82, 2.24) is 10.6 Å². The molecule has 0 aliphatic carbocycles. The van der Waals surface area contributed by atoms with Crippen LogP contribution < -0.4 is 20.1 Å². The molecule has 0 amide bonds. The molecule has 0 saturated heterocycles. The molecular formula is C13H22N2O2. The molecule has 1 aromatic carbocycles. The van der Waals surface area contributed by atoms with E-state index in [9.17, 15) is 0 Å². The first-order chi connectivity index (χ1) is 8.31. The molecule has 0 aliphatic heterocycles. The van der Waals surface area contributed by atoms with Gasteiger partial charge in [-0.3, -0.25) is 0 Å². The standard InChI is InChI=1S/C13H22N2O2/c1-14-8-9-15-7-6-11-4-5-12(16-2)10-13(11)17-3/h4-5,10,14-15H,6-9H2,1-3H3. The Bertz CT molecular complexity index is 329. The second kappa shape index (κ2) is 7.92. The smallest absolute Gasteiger partial charge is 0.125 e. The van der Waals surface area contributed by atoms with E-state index in [-0.39, 0.29) is 0 Å². The molecular weight excluding hydrogens is 216 g/mol. The second-order valence-corrected chi connectivity index (χ2v) is 3.78. The first-order valence-corrected chi connectivity index (χ1v) is 5.88. The predicted octanol–water partition coefficient (Wildman–Crippen LogP) is 1.06. The zero-order chi connectivity index (χ0) is 12.5. The van der Waals surface area contributed by atoms with Gasteiger partial charge in [0, 0.05) is 19.2 Å². The lowest BCUT2D eigenvalue weighted by Gasteiger charge is -2.10. The highest BCUT2D eigenvalue weighted by molar-refractivity contribution is 5.40. The van der Waals surface area contributed by atoms with Gasteiger partial charge in [0.2, 0.25) is 0 Å². The monoisotopic (exact) mass is 238 g/mol. The summed E-state index contributed by atoms with van der Waals surface area (Å²) < 4.78 is 10.5. The highest BCUT2D eigenvalue weighted by atomic mass is 16.5. The summed E-state index contributed by atoms with van der Waals surface area (Å²) >= 11 is 0. The van der Waals surface area contributed by atoms with Gasteiger partial charge in [-0.15, -0.1) is 0 Å². The summed E-state index contributed by atoms with van der Waals surface area (Å²) in [7, 11) is 5.30. The first-order valence-electron chi connectivity index (χ1n) is 5.88. The van der Waals surface area contributed by atoms with E-state index in [2.05, 4.69) is 16.7 Å². The van der Waals surface area contributed by atoms with Crippen molar-refractivity contribution < 1.29 is 9.47 Å². The molecule has 0 fully saturated rings. The number of methoxy groups -OCH3 is 2. The lowest BCUT2D eigenvalue weighted by Crippen LogP contribution is -2.26. The minimum atomic E-state index is 0.828. The summed E-state index contributed by atoms with van der Waals surface area (Å²) in [5.74, 6) is 1.72. The third-order valence-electron chi connectivity index (χ3n) is 2.62. The SMILES string of the molecule is CNCCNCCc1ccc(OC)cc1OC. The number of rotatable bonds is 8. The Morgan fingerprint density at radius 1 is 1.06 bits per heavy atom. The van der Waals surface area contributed by atoms with Gasteiger partial charge in [-0.1, -0.05) is 6.07 Å². The summed E-state index contributed by atoms with van der Waals surface area (Å²) in [6, 6.07) is 5.94. The topological polar surface area (TPSA) is 42.5 Å². The number of ether oxygens (including phenoxy) is 2. The predicted molar refractivity (Wildman–Crippen MR) is 70.0 cm³/mol. The Balaban J connectivity index is 2.46. The van der Waals surface area contributed by atoms with Crippen LogP contribution in [-0.2, 0) is 6.42 Å². The Hall–Kier alpha value is -1.26. The van der Waals surface area contributed by atoms with E-state index < -0.39 is 0 Å². The zero-order valence-electron chi connectivity index (χ0n) is 10.9. The molecule has 0 aliphatic rings. The van der Waals surface area contributed by atoms with Crippen LogP contribution in [-0.4, -0.2) is 40.9 Å². The molecule has 4 heteroatoms. The van der Waals surface area contributed by atoms with Crippen molar-refractivity contribution in [3.8, 4) is 11.5 Å². The maximum absolute atomic E-state index is 5.35. The first kappa shape index (κ1) is 13.8. The van der Waals surface area contributed by atoms with Gasteiger partial charge >= 0.3 is 0 Å². The molecule has 0 spiro atoms. The maximum atomic E-state index is 5.35. The van der Waals surface area contributed by atoms with E-state index in [1.807, 2.05) is 19.2 Å². The maximum Gasteiger partial charge on any atom is 0.125 e. The highest BCUT2D eigenvalue weighted by Crippen LogP contribution is 2.24. The Morgan fingerprint density at radius 3 is 2.53 bits per heavy atom. The summed E-state index contributed by atoms with van der Waals surface area (Å²) in [4.78, 5) is 0. The van der Waals surface area contributed by atoms with Crippen LogP contribution in [0.5, 0.6) is 11.5 Å². The van der Waals surface area contributed by atoms with Gasteiger partial charge in [-0.2, -0.15) is 0 Å². The van der Waals surface area contributed by atoms with Gasteiger partial charge in [0.15, 0.2) is 0 Å². The number of benzene rings is 1. The van der Waals surface area contributed by atoms with E-state index in [1.54, 1.807) is 14.2 Å². The van der Waals surface area contributed by atoms with Crippen molar-refractivity contribution in [3.63, 3.8) is 0 Å². The molecule has 0 radical (unpaired) electrons. The largest absolute Gasteiger partial charge is 0.497 e. The van der Waals surface area contributed by atoms with Crippen molar-refractivity contribution >= 4 is 0 Å². The lowest BCUT2D eigenvalue weighted by atomic mass is 10.1. The number of likely N-dealkylation sites (N-methyl/N-ethyl adjacent to an activating group) is 1. The van der Waals surface area contributed by atoms with E-state index in [1.165, 1.54) is 5.56 Å². The zero-order valence-corrected chi connectivity index (χ0v) is 10.9. The Labute approximate surface area is 103 Å². The number of hydrogen-bond donors (Lipinski definition) is 2. The Kier molecular flexibility index (Phi) is 6.43. The second-order valence-electron chi connectivity index (χ2n) is 3.78. The summed E-state index contributed by atoms with van der Waals surface area (Å²) in [6.07, 6.45) is 0.955. The van der Waals surface area contributed by atoms with E-state index in [4.69, 9.17) is 9.47 Å². The van der Waals surface area contributed by atoms with Crippen LogP contribution in [0.25, 0.3) is 0 Å². The molecule has 17 heavy (non-hydrogen) atoms. The number of nitrogens with one attached hydrogen (secondary N) is 2. The molecule has 0 bridgehead atoms. The van der Waals surface area contributed by atoms with Gasteiger partial charge < -0.3 is 20.1 Å². The molecule has 2 N–H and O–H groups in total. The van der Waals surface area contributed by atoms with Gasteiger partial charge in [-0.25, -0.2) is 0 Å². The van der Waals surface area contributed by atoms with Crippen molar-refractivity contribution in [3.05, 3.63) is 23.8 Å².